The number of hydrogen-bond acceptors (Lipinski definition) is 2. The normalized spacial score (nSPS) is 11.6. The van der Waals surface area contributed by atoms with E-state index in [0.717, 1.165) is 24.8 Å². The molecule has 106 valence electrons. The maximum atomic E-state index is 5.84. The lowest BCUT2D eigenvalue weighted by molar-refractivity contribution is 0.230. The fourth-order valence-electron chi connectivity index (χ4n) is 1.69. The van der Waals surface area contributed by atoms with Crippen LogP contribution in [-0.4, -0.2) is 31.7 Å². The molecule has 4 nitrogen and oxygen atoms in total. The van der Waals surface area contributed by atoms with Crippen LogP contribution >= 0.6 is 0 Å². The molecule has 0 amide bonds. The van der Waals surface area contributed by atoms with E-state index in [2.05, 4.69) is 42.5 Å². The zero-order chi connectivity index (χ0) is 14.1. The van der Waals surface area contributed by atoms with Crippen molar-refractivity contribution in [2.45, 2.75) is 33.8 Å². The molecule has 4 heteroatoms. The minimum atomic E-state index is 0.0501. The molecule has 0 heterocycles. The van der Waals surface area contributed by atoms with Gasteiger partial charge in [-0.15, -0.1) is 0 Å². The van der Waals surface area contributed by atoms with Crippen LogP contribution in [0.5, 0.6) is 5.75 Å². The molecule has 2 N–H and O–H groups in total. The zero-order valence-electron chi connectivity index (χ0n) is 12.4. The Morgan fingerprint density at radius 3 is 2.53 bits per heavy atom. The molecule has 19 heavy (non-hydrogen) atoms. The van der Waals surface area contributed by atoms with Gasteiger partial charge in [0.25, 0.3) is 0 Å². The lowest BCUT2D eigenvalue weighted by Crippen LogP contribution is -2.37. The van der Waals surface area contributed by atoms with Crippen molar-refractivity contribution in [2.24, 2.45) is 4.99 Å². The molecule has 0 radical (unpaired) electrons. The summed E-state index contributed by atoms with van der Waals surface area (Å²) in [5.41, 5.74) is 1.20. The van der Waals surface area contributed by atoms with E-state index < -0.39 is 0 Å². The van der Waals surface area contributed by atoms with Gasteiger partial charge < -0.3 is 15.4 Å². The number of ether oxygens (including phenoxy) is 1. The molecule has 1 aromatic carbocycles. The maximum absolute atomic E-state index is 5.84. The third kappa shape index (κ3) is 6.13. The third-order valence-corrected chi connectivity index (χ3v) is 2.52. The molecule has 0 saturated heterocycles. The second kappa shape index (κ2) is 8.40. The molecule has 0 saturated carbocycles. The minimum absolute atomic E-state index is 0.0501. The summed E-state index contributed by atoms with van der Waals surface area (Å²) in [5, 5.41) is 6.39. The number of nitrogens with one attached hydrogen (secondary N) is 2. The number of guanidine groups is 1. The third-order valence-electron chi connectivity index (χ3n) is 2.52. The molecule has 0 aromatic heterocycles. The highest BCUT2D eigenvalue weighted by Gasteiger charge is 2.04. The molecule has 0 bridgehead atoms. The van der Waals surface area contributed by atoms with Gasteiger partial charge in [-0.25, -0.2) is 4.99 Å². The number of rotatable bonds is 6. The van der Waals surface area contributed by atoms with Crippen LogP contribution in [0.1, 0.15) is 26.3 Å². The molecule has 0 spiro atoms. The van der Waals surface area contributed by atoms with Crippen molar-refractivity contribution in [2.75, 3.05) is 19.6 Å². The van der Waals surface area contributed by atoms with Gasteiger partial charge in [0.15, 0.2) is 5.96 Å². The van der Waals surface area contributed by atoms with Crippen molar-refractivity contribution < 1.29 is 4.74 Å². The predicted molar refractivity (Wildman–Crippen MR) is 80.9 cm³/mol. The monoisotopic (exact) mass is 263 g/mol. The highest BCUT2D eigenvalue weighted by molar-refractivity contribution is 5.79. The Morgan fingerprint density at radius 1 is 1.26 bits per heavy atom. The van der Waals surface area contributed by atoms with E-state index in [0.29, 0.717) is 6.54 Å². The average Bonchev–Trinajstić information content (AvgIpc) is 2.36. The smallest absolute Gasteiger partial charge is 0.191 e. The zero-order valence-corrected chi connectivity index (χ0v) is 12.4. The number of aliphatic imine (C=N–C) groups is 1. The largest absolute Gasteiger partial charge is 0.489 e. The van der Waals surface area contributed by atoms with E-state index in [9.17, 15) is 0 Å². The highest BCUT2D eigenvalue weighted by atomic mass is 16.5. The molecule has 1 unspecified atom stereocenters. The van der Waals surface area contributed by atoms with E-state index in [1.54, 1.807) is 0 Å². The van der Waals surface area contributed by atoms with Gasteiger partial charge in [-0.2, -0.15) is 0 Å². The summed E-state index contributed by atoms with van der Waals surface area (Å²) in [4.78, 5) is 4.49. The van der Waals surface area contributed by atoms with Crippen molar-refractivity contribution in [1.29, 1.82) is 0 Å². The first-order valence-electron chi connectivity index (χ1n) is 6.91. The van der Waals surface area contributed by atoms with E-state index in [4.69, 9.17) is 4.74 Å². The first-order chi connectivity index (χ1) is 9.15. The van der Waals surface area contributed by atoms with E-state index in [1.807, 2.05) is 25.1 Å². The molecule has 1 rings (SSSR count). The first-order valence-corrected chi connectivity index (χ1v) is 6.91. The van der Waals surface area contributed by atoms with E-state index >= 15 is 0 Å². The lowest BCUT2D eigenvalue weighted by atomic mass is 10.2. The summed E-state index contributed by atoms with van der Waals surface area (Å²) in [5.74, 6) is 1.74. The molecule has 0 aliphatic rings. The second-order valence-corrected chi connectivity index (χ2v) is 4.49. The Balaban J connectivity index is 2.49. The van der Waals surface area contributed by atoms with Gasteiger partial charge in [0.05, 0.1) is 6.54 Å². The van der Waals surface area contributed by atoms with Gasteiger partial charge >= 0.3 is 0 Å². The lowest BCUT2D eigenvalue weighted by Gasteiger charge is -2.15. The Hall–Kier alpha value is -1.71. The van der Waals surface area contributed by atoms with E-state index in [1.165, 1.54) is 5.56 Å². The summed E-state index contributed by atoms with van der Waals surface area (Å²) in [6.45, 7) is 10.5. The van der Waals surface area contributed by atoms with Gasteiger partial charge in [-0.1, -0.05) is 12.1 Å². The Labute approximate surface area is 116 Å². The van der Waals surface area contributed by atoms with Crippen LogP contribution in [0.3, 0.4) is 0 Å². The maximum Gasteiger partial charge on any atom is 0.191 e. The molecular weight excluding hydrogens is 238 g/mol. The molecule has 0 fully saturated rings. The van der Waals surface area contributed by atoms with Gasteiger partial charge in [0.2, 0.25) is 0 Å². The summed E-state index contributed by atoms with van der Waals surface area (Å²) in [6.07, 6.45) is 0.0501. The van der Waals surface area contributed by atoms with Gasteiger partial charge in [0, 0.05) is 13.1 Å². The van der Waals surface area contributed by atoms with Crippen LogP contribution in [0, 0.1) is 6.92 Å². The number of nitrogens with zero attached hydrogens (tertiary/aromatic N) is 1. The van der Waals surface area contributed by atoms with Crippen LogP contribution < -0.4 is 15.4 Å². The Bertz CT molecular complexity index is 396. The highest BCUT2D eigenvalue weighted by Crippen LogP contribution is 2.14. The van der Waals surface area contributed by atoms with Crippen molar-refractivity contribution >= 4 is 5.96 Å². The fourth-order valence-corrected chi connectivity index (χ4v) is 1.69. The molecular formula is C15H25N3O. The number of aryl methyl sites for hydroxylation is 1. The summed E-state index contributed by atoms with van der Waals surface area (Å²) in [7, 11) is 0. The molecule has 1 aromatic rings. The van der Waals surface area contributed by atoms with Crippen LogP contribution in [0.15, 0.2) is 29.3 Å². The van der Waals surface area contributed by atoms with Crippen molar-refractivity contribution in [3.05, 3.63) is 29.8 Å². The van der Waals surface area contributed by atoms with Gasteiger partial charge in [0.1, 0.15) is 11.9 Å². The second-order valence-electron chi connectivity index (χ2n) is 4.49. The summed E-state index contributed by atoms with van der Waals surface area (Å²) >= 11 is 0. The van der Waals surface area contributed by atoms with Crippen molar-refractivity contribution in [1.82, 2.24) is 10.6 Å². The summed E-state index contributed by atoms with van der Waals surface area (Å²) < 4.78 is 5.84. The first kappa shape index (κ1) is 15.3. The molecule has 1 atom stereocenters. The van der Waals surface area contributed by atoms with Crippen molar-refractivity contribution in [3.8, 4) is 5.75 Å². The standard InChI is InChI=1S/C15H25N3O/c1-5-16-15(17-6-2)18-11-13(4)19-14-9-7-8-12(3)10-14/h7-10,13H,5-6,11H2,1-4H3,(H2,16,17,18). The van der Waals surface area contributed by atoms with Gasteiger partial charge in [-0.3, -0.25) is 0 Å². The van der Waals surface area contributed by atoms with Crippen molar-refractivity contribution in [3.63, 3.8) is 0 Å². The molecule has 0 aliphatic carbocycles. The topological polar surface area (TPSA) is 45.7 Å². The number of benzene rings is 1. The SMILES string of the molecule is CCNC(=NCC(C)Oc1cccc(C)c1)NCC. The Kier molecular flexibility index (Phi) is 6.79. The van der Waals surface area contributed by atoms with Crippen LogP contribution in [0.25, 0.3) is 0 Å². The Morgan fingerprint density at radius 2 is 1.95 bits per heavy atom. The quantitative estimate of drug-likeness (QED) is 0.611. The summed E-state index contributed by atoms with van der Waals surface area (Å²) in [6, 6.07) is 8.08. The van der Waals surface area contributed by atoms with Crippen LogP contribution in [0.4, 0.5) is 0 Å². The van der Waals surface area contributed by atoms with Gasteiger partial charge in [-0.05, 0) is 45.4 Å². The fraction of sp³-hybridized carbons (Fsp3) is 0.533. The molecule has 0 aliphatic heterocycles. The van der Waals surface area contributed by atoms with Crippen LogP contribution in [0.2, 0.25) is 0 Å². The minimum Gasteiger partial charge on any atom is -0.489 e. The van der Waals surface area contributed by atoms with Crippen LogP contribution in [-0.2, 0) is 0 Å². The predicted octanol–water partition coefficient (Wildman–Crippen LogP) is 2.34. The van der Waals surface area contributed by atoms with E-state index in [-0.39, 0.29) is 6.10 Å². The number of hydrogen-bond donors (Lipinski definition) is 2. The average molecular weight is 263 g/mol.